The van der Waals surface area contributed by atoms with E-state index in [0.29, 0.717) is 42.1 Å². The molecule has 242 valence electrons. The van der Waals surface area contributed by atoms with Crippen LogP contribution < -0.4 is 10.6 Å². The van der Waals surface area contributed by atoms with Gasteiger partial charge in [0, 0.05) is 36.1 Å². The second-order valence-electron chi connectivity index (χ2n) is 11.1. The molecule has 1 unspecified atom stereocenters. The molecule has 2 amide bonds. The molecular weight excluding hydrogens is 612 g/mol. The maximum Gasteiger partial charge on any atom is 0.435 e. The molecule has 0 aliphatic heterocycles. The van der Waals surface area contributed by atoms with E-state index in [-0.39, 0.29) is 41.6 Å². The highest BCUT2D eigenvalue weighted by molar-refractivity contribution is 5.95. The largest absolute Gasteiger partial charge is 0.435 e. The number of fused-ring (bicyclic) bond motifs is 1. The number of carbonyl (C=O) groups is 2. The van der Waals surface area contributed by atoms with Gasteiger partial charge in [-0.2, -0.15) is 18.3 Å². The number of nitrogens with one attached hydrogen (secondary N) is 2. The number of carbonyl (C=O) groups excluding carboxylic acids is 2. The van der Waals surface area contributed by atoms with E-state index in [0.717, 1.165) is 22.9 Å². The summed E-state index contributed by atoms with van der Waals surface area (Å²) in [6.07, 6.45) is -1.57. The van der Waals surface area contributed by atoms with Crippen molar-refractivity contribution in [2.45, 2.75) is 63.7 Å². The lowest BCUT2D eigenvalue weighted by Crippen LogP contribution is -2.37. The number of hydrogen-bond donors (Lipinski definition) is 2. The number of hydrogen-bond acceptors (Lipinski definition) is 4. The summed E-state index contributed by atoms with van der Waals surface area (Å²) in [5, 5.41) is 9.12. The highest BCUT2D eigenvalue weighted by atomic mass is 19.4. The van der Waals surface area contributed by atoms with Crippen LogP contribution >= 0.6 is 0 Å². The number of rotatable bonds is 9. The minimum atomic E-state index is -4.70. The maximum atomic E-state index is 14.5. The molecule has 1 aliphatic carbocycles. The molecule has 0 radical (unpaired) electrons. The van der Waals surface area contributed by atoms with Crippen LogP contribution in [-0.2, 0) is 30.2 Å². The first kappa shape index (κ1) is 32.7. The first-order valence-corrected chi connectivity index (χ1v) is 14.8. The van der Waals surface area contributed by atoms with Gasteiger partial charge in [-0.15, -0.1) is 0 Å². The molecule has 4 aromatic rings. The quantitative estimate of drug-likeness (QED) is 0.200. The van der Waals surface area contributed by atoms with E-state index in [1.54, 1.807) is 19.1 Å². The van der Waals surface area contributed by atoms with E-state index in [1.165, 1.54) is 25.4 Å². The SMILES string of the molecule is CCC(C(=O)N[C@@H](Cc1cc(F)cc(F)c1)c1ncccc1-c1ccc(F)c(C(=O)NC)c1)n1nc(C(F)(F)F)c2c1CCCC2. The molecule has 0 bridgehead atoms. The van der Waals surface area contributed by atoms with E-state index in [1.807, 2.05) is 0 Å². The van der Waals surface area contributed by atoms with Crippen molar-refractivity contribution in [2.75, 3.05) is 7.05 Å². The van der Waals surface area contributed by atoms with Gasteiger partial charge < -0.3 is 10.6 Å². The number of nitrogens with zero attached hydrogens (tertiary/aromatic N) is 3. The Hall–Kier alpha value is -4.68. The van der Waals surface area contributed by atoms with Gasteiger partial charge in [0.05, 0.1) is 17.3 Å². The molecule has 2 aromatic carbocycles. The van der Waals surface area contributed by atoms with Crippen molar-refractivity contribution >= 4 is 11.8 Å². The zero-order valence-corrected chi connectivity index (χ0v) is 25.0. The van der Waals surface area contributed by atoms with E-state index in [4.69, 9.17) is 0 Å². The van der Waals surface area contributed by atoms with Gasteiger partial charge in [-0.05, 0) is 80.0 Å². The van der Waals surface area contributed by atoms with Crippen molar-refractivity contribution in [1.29, 1.82) is 0 Å². The number of benzene rings is 2. The molecule has 2 aromatic heterocycles. The fraction of sp³-hybridized carbons (Fsp3) is 0.333. The van der Waals surface area contributed by atoms with Crippen LogP contribution in [-0.4, -0.2) is 33.6 Å². The molecule has 7 nitrogen and oxygen atoms in total. The van der Waals surface area contributed by atoms with E-state index in [2.05, 4.69) is 20.7 Å². The van der Waals surface area contributed by atoms with Crippen molar-refractivity contribution in [3.8, 4) is 11.1 Å². The lowest BCUT2D eigenvalue weighted by atomic mass is 9.94. The van der Waals surface area contributed by atoms with E-state index in [9.17, 15) is 35.9 Å². The van der Waals surface area contributed by atoms with E-state index < -0.39 is 53.2 Å². The zero-order chi connectivity index (χ0) is 33.2. The van der Waals surface area contributed by atoms with Crippen molar-refractivity contribution in [2.24, 2.45) is 0 Å². The molecular formula is C33H31F6N5O2. The second kappa shape index (κ2) is 13.4. The highest BCUT2D eigenvalue weighted by Gasteiger charge is 2.41. The third kappa shape index (κ3) is 6.77. The molecule has 0 spiro atoms. The standard InChI is InChI=1S/C33H31F6N5O2/c1-3-27(44-28-9-5-4-7-23(28)30(43-44)33(37,38)39)32(46)42-26(15-18-13-20(34)17-21(35)14-18)29-22(8-6-12-41-29)19-10-11-25(36)24(16-19)31(45)40-2/h6,8,10-14,16-17,26-27H,3-5,7,9,15H2,1-2H3,(H,40,45)(H,42,46)/t26-,27?/m0/s1. The van der Waals surface area contributed by atoms with Crippen LogP contribution in [0.25, 0.3) is 11.1 Å². The van der Waals surface area contributed by atoms with Crippen LogP contribution in [0.15, 0.2) is 54.7 Å². The summed E-state index contributed by atoms with van der Waals surface area (Å²) in [6.45, 7) is 1.65. The van der Waals surface area contributed by atoms with Crippen molar-refractivity contribution in [3.63, 3.8) is 0 Å². The first-order chi connectivity index (χ1) is 21.9. The molecule has 0 saturated heterocycles. The van der Waals surface area contributed by atoms with Gasteiger partial charge in [0.2, 0.25) is 5.91 Å². The summed E-state index contributed by atoms with van der Waals surface area (Å²) in [6, 6.07) is 7.79. The molecule has 2 N–H and O–H groups in total. The lowest BCUT2D eigenvalue weighted by molar-refractivity contribution is -0.142. The Labute approximate surface area is 261 Å². The Morgan fingerprint density at radius 2 is 1.72 bits per heavy atom. The number of pyridine rings is 1. The Bertz CT molecular complexity index is 1750. The number of halogens is 6. The van der Waals surface area contributed by atoms with Crippen molar-refractivity contribution < 1.29 is 35.9 Å². The summed E-state index contributed by atoms with van der Waals surface area (Å²) in [5.74, 6) is -3.79. The summed E-state index contributed by atoms with van der Waals surface area (Å²) < 4.78 is 85.9. The number of amides is 2. The van der Waals surface area contributed by atoms with Gasteiger partial charge in [-0.25, -0.2) is 13.2 Å². The summed E-state index contributed by atoms with van der Waals surface area (Å²) in [5.41, 5.74) is 0.363. The van der Waals surface area contributed by atoms with Crippen LogP contribution in [0.4, 0.5) is 26.3 Å². The fourth-order valence-corrected chi connectivity index (χ4v) is 5.97. The van der Waals surface area contributed by atoms with Crippen molar-refractivity contribution in [1.82, 2.24) is 25.4 Å². The average molecular weight is 644 g/mol. The van der Waals surface area contributed by atoms with Gasteiger partial charge in [0.15, 0.2) is 5.69 Å². The Morgan fingerprint density at radius 1 is 1.00 bits per heavy atom. The Kier molecular flexibility index (Phi) is 9.50. The Balaban J connectivity index is 1.58. The minimum absolute atomic E-state index is 0.0898. The molecule has 0 fully saturated rings. The third-order valence-corrected chi connectivity index (χ3v) is 8.06. The van der Waals surface area contributed by atoms with Crippen LogP contribution in [0.2, 0.25) is 0 Å². The highest BCUT2D eigenvalue weighted by Crippen LogP contribution is 2.38. The number of alkyl halides is 3. The summed E-state index contributed by atoms with van der Waals surface area (Å²) in [7, 11) is 1.35. The molecule has 2 heterocycles. The van der Waals surface area contributed by atoms with Crippen LogP contribution in [0.5, 0.6) is 0 Å². The normalized spacial score (nSPS) is 14.3. The molecule has 0 saturated carbocycles. The fourth-order valence-electron chi connectivity index (χ4n) is 5.97. The summed E-state index contributed by atoms with van der Waals surface area (Å²) >= 11 is 0. The van der Waals surface area contributed by atoms with Crippen molar-refractivity contribution in [3.05, 3.63) is 106 Å². The lowest BCUT2D eigenvalue weighted by Gasteiger charge is -2.26. The molecule has 46 heavy (non-hydrogen) atoms. The monoisotopic (exact) mass is 643 g/mol. The van der Waals surface area contributed by atoms with E-state index >= 15 is 0 Å². The van der Waals surface area contributed by atoms with Gasteiger partial charge in [-0.1, -0.05) is 19.1 Å². The van der Waals surface area contributed by atoms with Gasteiger partial charge in [0.25, 0.3) is 5.91 Å². The molecule has 2 atom stereocenters. The Morgan fingerprint density at radius 3 is 2.39 bits per heavy atom. The molecule has 1 aliphatic rings. The summed E-state index contributed by atoms with van der Waals surface area (Å²) in [4.78, 5) is 30.8. The van der Waals surface area contributed by atoms with Crippen LogP contribution in [0, 0.1) is 17.5 Å². The molecule has 13 heteroatoms. The van der Waals surface area contributed by atoms with Crippen LogP contribution in [0.3, 0.4) is 0 Å². The second-order valence-corrected chi connectivity index (χ2v) is 11.1. The zero-order valence-electron chi connectivity index (χ0n) is 25.0. The molecule has 5 rings (SSSR count). The smallest absolute Gasteiger partial charge is 0.355 e. The maximum absolute atomic E-state index is 14.5. The van der Waals surface area contributed by atoms with Gasteiger partial charge in [0.1, 0.15) is 23.5 Å². The van der Waals surface area contributed by atoms with Gasteiger partial charge in [-0.3, -0.25) is 19.3 Å². The number of aromatic nitrogens is 3. The first-order valence-electron chi connectivity index (χ1n) is 14.8. The predicted molar refractivity (Wildman–Crippen MR) is 157 cm³/mol. The van der Waals surface area contributed by atoms with Gasteiger partial charge >= 0.3 is 6.18 Å². The minimum Gasteiger partial charge on any atom is -0.355 e. The average Bonchev–Trinajstić information content (AvgIpc) is 3.41. The third-order valence-electron chi connectivity index (χ3n) is 8.06. The predicted octanol–water partition coefficient (Wildman–Crippen LogP) is 6.67. The topological polar surface area (TPSA) is 88.9 Å². The van der Waals surface area contributed by atoms with Crippen LogP contribution in [0.1, 0.15) is 76.8 Å².